The van der Waals surface area contributed by atoms with Gasteiger partial charge in [-0.25, -0.2) is 4.39 Å². The molecule has 184 valence electrons. The van der Waals surface area contributed by atoms with Crippen LogP contribution in [0.25, 0.3) is 10.9 Å². The third-order valence-electron chi connectivity index (χ3n) is 6.14. The number of benzene rings is 3. The number of rotatable bonds is 6. The molecule has 1 N–H and O–H groups in total. The Balaban J connectivity index is 1.64. The van der Waals surface area contributed by atoms with Crippen molar-refractivity contribution in [3.63, 3.8) is 0 Å². The summed E-state index contributed by atoms with van der Waals surface area (Å²) in [6, 6.07) is 19.3. The fourth-order valence-corrected chi connectivity index (χ4v) is 4.92. The number of fused-ring (bicyclic) bond motifs is 1. The van der Waals surface area contributed by atoms with Crippen LogP contribution in [0.4, 0.5) is 4.39 Å². The summed E-state index contributed by atoms with van der Waals surface area (Å²) >= 11 is 3.50. The number of esters is 2. The molecule has 8 heteroatoms. The van der Waals surface area contributed by atoms with Gasteiger partial charge in [-0.1, -0.05) is 52.3 Å². The molecule has 4 aromatic rings. The number of cyclic esters (lactones) is 2. The number of carbonyl (C=O) groups excluding carboxylic acids is 2. The zero-order chi connectivity index (χ0) is 25.4. The molecule has 1 atom stereocenters. The van der Waals surface area contributed by atoms with Gasteiger partial charge in [0, 0.05) is 52.5 Å². The van der Waals surface area contributed by atoms with Crippen molar-refractivity contribution in [1.29, 1.82) is 0 Å². The van der Waals surface area contributed by atoms with Gasteiger partial charge in [-0.3, -0.25) is 9.59 Å². The summed E-state index contributed by atoms with van der Waals surface area (Å²) in [4.78, 5) is 29.7. The molecule has 0 amide bonds. The summed E-state index contributed by atoms with van der Waals surface area (Å²) in [5.74, 6) is -4.80. The van der Waals surface area contributed by atoms with E-state index >= 15 is 0 Å². The molecular formula is C28H23BrFNO5. The normalized spacial score (nSPS) is 16.4. The lowest BCUT2D eigenvalue weighted by atomic mass is 9.79. The van der Waals surface area contributed by atoms with Crippen LogP contribution >= 0.6 is 15.9 Å². The Morgan fingerprint density at radius 1 is 1.00 bits per heavy atom. The standard InChI is InChI=1S/C28H23BrFNO5/c1-28(2)35-26(32)25(27(33)36-28)24(20-14-31-22-10-6-4-8-18(20)22)19-13-17(29)11-12-23(19)34-15-16-7-3-5-9-21(16)30/h3-14,24-25,31H,15H2,1-2H3/t24-/m0/s1. The van der Waals surface area contributed by atoms with E-state index in [-0.39, 0.29) is 12.4 Å². The van der Waals surface area contributed by atoms with E-state index in [9.17, 15) is 14.0 Å². The molecule has 0 radical (unpaired) electrons. The van der Waals surface area contributed by atoms with Gasteiger partial charge in [0.1, 0.15) is 18.2 Å². The maximum atomic E-state index is 14.3. The molecule has 0 bridgehead atoms. The molecular weight excluding hydrogens is 529 g/mol. The molecule has 1 aliphatic rings. The predicted molar refractivity (Wildman–Crippen MR) is 135 cm³/mol. The van der Waals surface area contributed by atoms with E-state index in [0.29, 0.717) is 22.4 Å². The second-order valence-electron chi connectivity index (χ2n) is 9.05. The summed E-state index contributed by atoms with van der Waals surface area (Å²) in [6.45, 7) is 3.00. The van der Waals surface area contributed by atoms with Crippen molar-refractivity contribution < 1.29 is 28.2 Å². The lowest BCUT2D eigenvalue weighted by Crippen LogP contribution is -2.48. The smallest absolute Gasteiger partial charge is 0.324 e. The average Bonchev–Trinajstić information content (AvgIpc) is 3.25. The minimum absolute atomic E-state index is 0.0332. The van der Waals surface area contributed by atoms with E-state index in [4.69, 9.17) is 14.2 Å². The quantitative estimate of drug-likeness (QED) is 0.227. The third-order valence-corrected chi connectivity index (χ3v) is 6.63. The molecule has 0 saturated carbocycles. The van der Waals surface area contributed by atoms with Gasteiger partial charge in [-0.05, 0) is 35.9 Å². The summed E-state index contributed by atoms with van der Waals surface area (Å²) in [5, 5.41) is 0.841. The van der Waals surface area contributed by atoms with Crippen LogP contribution < -0.4 is 4.74 Å². The van der Waals surface area contributed by atoms with E-state index in [1.165, 1.54) is 19.9 Å². The van der Waals surface area contributed by atoms with Crippen molar-refractivity contribution in [1.82, 2.24) is 4.98 Å². The molecule has 1 aromatic heterocycles. The first-order valence-electron chi connectivity index (χ1n) is 11.4. The van der Waals surface area contributed by atoms with Crippen LogP contribution in [-0.2, 0) is 25.7 Å². The number of para-hydroxylation sites is 1. The summed E-state index contributed by atoms with van der Waals surface area (Å²) in [6.07, 6.45) is 1.77. The number of ether oxygens (including phenoxy) is 3. The van der Waals surface area contributed by atoms with E-state index in [2.05, 4.69) is 20.9 Å². The number of halogens is 2. The van der Waals surface area contributed by atoms with E-state index in [0.717, 1.165) is 15.4 Å². The van der Waals surface area contributed by atoms with Crippen molar-refractivity contribution in [2.75, 3.05) is 0 Å². The van der Waals surface area contributed by atoms with Crippen molar-refractivity contribution in [2.24, 2.45) is 5.92 Å². The van der Waals surface area contributed by atoms with Crippen molar-refractivity contribution in [3.8, 4) is 5.75 Å². The van der Waals surface area contributed by atoms with Crippen LogP contribution in [0.15, 0.2) is 77.4 Å². The minimum atomic E-state index is -1.36. The molecule has 0 spiro atoms. The maximum Gasteiger partial charge on any atom is 0.324 e. The number of aromatic nitrogens is 1. The van der Waals surface area contributed by atoms with Crippen LogP contribution in [0.3, 0.4) is 0 Å². The van der Waals surface area contributed by atoms with E-state index < -0.39 is 29.6 Å². The molecule has 5 rings (SSSR count). The highest BCUT2D eigenvalue weighted by atomic mass is 79.9. The Labute approximate surface area is 215 Å². The Morgan fingerprint density at radius 2 is 1.69 bits per heavy atom. The van der Waals surface area contributed by atoms with Crippen molar-refractivity contribution in [3.05, 3.63) is 99.9 Å². The highest BCUT2D eigenvalue weighted by molar-refractivity contribution is 9.10. The van der Waals surface area contributed by atoms with Crippen molar-refractivity contribution in [2.45, 2.75) is 32.2 Å². The monoisotopic (exact) mass is 551 g/mol. The fourth-order valence-electron chi connectivity index (χ4n) is 4.54. The summed E-state index contributed by atoms with van der Waals surface area (Å²) in [7, 11) is 0. The zero-order valence-electron chi connectivity index (χ0n) is 19.6. The largest absolute Gasteiger partial charge is 0.488 e. The molecule has 1 saturated heterocycles. The van der Waals surface area contributed by atoms with Gasteiger partial charge in [-0.15, -0.1) is 0 Å². The van der Waals surface area contributed by atoms with Gasteiger partial charge in [-0.2, -0.15) is 0 Å². The predicted octanol–water partition coefficient (Wildman–Crippen LogP) is 6.23. The number of hydrogen-bond donors (Lipinski definition) is 1. The first kappa shape index (κ1) is 24.1. The SMILES string of the molecule is CC1(C)OC(=O)C([C@@H](c2cc(Br)ccc2OCc2ccccc2F)c2c[nH]c3ccccc23)C(=O)O1. The van der Waals surface area contributed by atoms with Gasteiger partial charge in [0.15, 0.2) is 5.92 Å². The van der Waals surface area contributed by atoms with Gasteiger partial charge in [0.25, 0.3) is 5.79 Å². The second kappa shape index (κ2) is 9.43. The molecule has 2 heterocycles. The topological polar surface area (TPSA) is 77.6 Å². The van der Waals surface area contributed by atoms with Crippen LogP contribution in [0.5, 0.6) is 5.75 Å². The molecule has 6 nitrogen and oxygen atoms in total. The van der Waals surface area contributed by atoms with Crippen LogP contribution in [-0.4, -0.2) is 22.7 Å². The van der Waals surface area contributed by atoms with Crippen LogP contribution in [0.2, 0.25) is 0 Å². The van der Waals surface area contributed by atoms with Crippen LogP contribution in [0.1, 0.15) is 36.5 Å². The number of hydrogen-bond acceptors (Lipinski definition) is 5. The highest BCUT2D eigenvalue weighted by Gasteiger charge is 2.49. The van der Waals surface area contributed by atoms with Gasteiger partial charge >= 0.3 is 11.9 Å². The van der Waals surface area contributed by atoms with Crippen molar-refractivity contribution >= 4 is 38.8 Å². The first-order valence-corrected chi connectivity index (χ1v) is 12.2. The molecule has 1 aliphatic heterocycles. The van der Waals surface area contributed by atoms with Crippen LogP contribution in [0, 0.1) is 11.7 Å². The second-order valence-corrected chi connectivity index (χ2v) is 9.96. The number of nitrogens with one attached hydrogen (secondary N) is 1. The van der Waals surface area contributed by atoms with Gasteiger partial charge in [0.05, 0.1) is 0 Å². The lowest BCUT2D eigenvalue weighted by molar-refractivity contribution is -0.240. The zero-order valence-corrected chi connectivity index (χ0v) is 21.2. The Bertz CT molecular complexity index is 1440. The number of carbonyl (C=O) groups is 2. The Hall–Kier alpha value is -3.65. The maximum absolute atomic E-state index is 14.3. The average molecular weight is 552 g/mol. The minimum Gasteiger partial charge on any atom is -0.488 e. The number of aromatic amines is 1. The third kappa shape index (κ3) is 4.60. The molecule has 0 aliphatic carbocycles. The van der Waals surface area contributed by atoms with E-state index in [1.54, 1.807) is 42.6 Å². The number of H-pyrrole nitrogens is 1. The molecule has 0 unspecified atom stereocenters. The first-order chi connectivity index (χ1) is 17.2. The Morgan fingerprint density at radius 3 is 2.44 bits per heavy atom. The van der Waals surface area contributed by atoms with Gasteiger partial charge in [0.2, 0.25) is 0 Å². The molecule has 3 aromatic carbocycles. The molecule has 36 heavy (non-hydrogen) atoms. The highest BCUT2D eigenvalue weighted by Crippen LogP contribution is 2.44. The summed E-state index contributed by atoms with van der Waals surface area (Å²) < 4.78 is 32.0. The Kier molecular flexibility index (Phi) is 6.30. The van der Waals surface area contributed by atoms with Gasteiger partial charge < -0.3 is 19.2 Å². The molecule has 1 fully saturated rings. The fraction of sp³-hybridized carbons (Fsp3) is 0.214. The lowest BCUT2D eigenvalue weighted by Gasteiger charge is -2.36. The van der Waals surface area contributed by atoms with E-state index in [1.807, 2.05) is 24.3 Å². The summed E-state index contributed by atoms with van der Waals surface area (Å²) in [5.41, 5.74) is 2.49.